The molecule has 1 aromatic carbocycles. The quantitative estimate of drug-likeness (QED) is 0.589. The van der Waals surface area contributed by atoms with Crippen molar-refractivity contribution in [3.63, 3.8) is 0 Å². The Labute approximate surface area is 97.6 Å². The summed E-state index contributed by atoms with van der Waals surface area (Å²) in [6.07, 6.45) is -5.27. The molecule has 1 aromatic rings. The van der Waals surface area contributed by atoms with Crippen LogP contribution >= 0.6 is 10.7 Å². The Morgan fingerprint density at radius 2 is 1.82 bits per heavy atom. The largest absolute Gasteiger partial charge is 0.420 e. The molecule has 0 N–H and O–H groups in total. The van der Waals surface area contributed by atoms with Gasteiger partial charge in [-0.05, 0) is 12.1 Å². The SMILES string of the molecule is N#Cc1ccc(S(=O)(=O)Cl)c(C(F)(F)F)c1F. The van der Waals surface area contributed by atoms with Gasteiger partial charge in [-0.2, -0.15) is 18.4 Å². The molecule has 0 fully saturated rings. The molecule has 0 aliphatic carbocycles. The van der Waals surface area contributed by atoms with Gasteiger partial charge in [-0.3, -0.25) is 0 Å². The lowest BCUT2D eigenvalue weighted by Crippen LogP contribution is -2.14. The van der Waals surface area contributed by atoms with Gasteiger partial charge in [-0.25, -0.2) is 12.8 Å². The van der Waals surface area contributed by atoms with Gasteiger partial charge in [0.2, 0.25) is 0 Å². The zero-order valence-electron chi connectivity index (χ0n) is 7.72. The van der Waals surface area contributed by atoms with Crippen LogP contribution in [0.1, 0.15) is 11.1 Å². The van der Waals surface area contributed by atoms with E-state index in [0.717, 1.165) is 0 Å². The number of hydrogen-bond acceptors (Lipinski definition) is 3. The first-order valence-electron chi connectivity index (χ1n) is 3.83. The first-order valence-corrected chi connectivity index (χ1v) is 6.14. The minimum Gasteiger partial charge on any atom is -0.207 e. The predicted molar refractivity (Wildman–Crippen MR) is 49.2 cm³/mol. The van der Waals surface area contributed by atoms with Crippen LogP contribution in [-0.2, 0) is 15.2 Å². The maximum Gasteiger partial charge on any atom is 0.420 e. The molecule has 17 heavy (non-hydrogen) atoms. The molecule has 0 aliphatic rings. The summed E-state index contributed by atoms with van der Waals surface area (Å²) in [4.78, 5) is -1.41. The average Bonchev–Trinajstić information content (AvgIpc) is 2.13. The number of nitriles is 1. The van der Waals surface area contributed by atoms with E-state index in [2.05, 4.69) is 0 Å². The highest BCUT2D eigenvalue weighted by Gasteiger charge is 2.41. The molecule has 92 valence electrons. The lowest BCUT2D eigenvalue weighted by Gasteiger charge is -2.12. The van der Waals surface area contributed by atoms with E-state index in [4.69, 9.17) is 15.9 Å². The predicted octanol–water partition coefficient (Wildman–Crippen LogP) is 2.64. The minimum absolute atomic E-state index is 0.437. The summed E-state index contributed by atoms with van der Waals surface area (Å²) in [7, 11) is -0.00138. The normalized spacial score (nSPS) is 12.2. The molecule has 0 radical (unpaired) electrons. The number of rotatable bonds is 1. The standard InChI is InChI=1S/C8H2ClF4NO2S/c9-17(15,16)5-2-1-4(3-14)7(10)6(5)8(11,12)13/h1-2H. The van der Waals surface area contributed by atoms with Crippen molar-refractivity contribution in [1.29, 1.82) is 5.26 Å². The molecule has 0 bridgehead atoms. The molecule has 9 heteroatoms. The van der Waals surface area contributed by atoms with Crippen molar-refractivity contribution in [2.45, 2.75) is 11.1 Å². The van der Waals surface area contributed by atoms with E-state index < -0.39 is 37.1 Å². The lowest BCUT2D eigenvalue weighted by atomic mass is 10.1. The molecule has 0 amide bonds. The van der Waals surface area contributed by atoms with Crippen LogP contribution in [0, 0.1) is 17.1 Å². The zero-order valence-corrected chi connectivity index (χ0v) is 9.29. The summed E-state index contributed by atoms with van der Waals surface area (Å²) in [5.74, 6) is -1.96. The van der Waals surface area contributed by atoms with Gasteiger partial charge in [-0.15, -0.1) is 0 Å². The Bertz CT molecular complexity index is 603. The highest BCUT2D eigenvalue weighted by atomic mass is 35.7. The summed E-state index contributed by atoms with van der Waals surface area (Å²) in [5, 5.41) is 8.36. The van der Waals surface area contributed by atoms with E-state index in [1.807, 2.05) is 0 Å². The van der Waals surface area contributed by atoms with E-state index in [-0.39, 0.29) is 0 Å². The van der Waals surface area contributed by atoms with E-state index in [0.29, 0.717) is 12.1 Å². The van der Waals surface area contributed by atoms with Crippen molar-refractivity contribution >= 4 is 19.7 Å². The van der Waals surface area contributed by atoms with Crippen molar-refractivity contribution < 1.29 is 26.0 Å². The molecular weight excluding hydrogens is 286 g/mol. The summed E-state index contributed by atoms with van der Waals surface area (Å²) in [6.45, 7) is 0. The van der Waals surface area contributed by atoms with Crippen LogP contribution in [0.5, 0.6) is 0 Å². The van der Waals surface area contributed by atoms with Crippen molar-refractivity contribution in [1.82, 2.24) is 0 Å². The number of halogens is 5. The second kappa shape index (κ2) is 4.16. The Kier molecular flexibility index (Phi) is 3.36. The molecule has 0 aliphatic heterocycles. The monoisotopic (exact) mass is 287 g/mol. The highest BCUT2D eigenvalue weighted by Crippen LogP contribution is 2.38. The van der Waals surface area contributed by atoms with Gasteiger partial charge in [-0.1, -0.05) is 0 Å². The fraction of sp³-hybridized carbons (Fsp3) is 0.125. The van der Waals surface area contributed by atoms with Crippen molar-refractivity contribution in [3.8, 4) is 6.07 Å². The van der Waals surface area contributed by atoms with Gasteiger partial charge in [0, 0.05) is 10.7 Å². The van der Waals surface area contributed by atoms with Crippen molar-refractivity contribution in [2.75, 3.05) is 0 Å². The number of alkyl halides is 3. The average molecular weight is 288 g/mol. The lowest BCUT2D eigenvalue weighted by molar-refractivity contribution is -0.142. The smallest absolute Gasteiger partial charge is 0.207 e. The van der Waals surface area contributed by atoms with Crippen LogP contribution in [0.3, 0.4) is 0 Å². The van der Waals surface area contributed by atoms with E-state index >= 15 is 0 Å². The Hall–Kier alpha value is -1.33. The summed E-state index contributed by atoms with van der Waals surface area (Å²) in [5.41, 5.74) is -2.98. The molecule has 1 rings (SSSR count). The van der Waals surface area contributed by atoms with Crippen LogP contribution in [-0.4, -0.2) is 8.42 Å². The topological polar surface area (TPSA) is 57.9 Å². The van der Waals surface area contributed by atoms with Gasteiger partial charge in [0.15, 0.2) is 5.82 Å². The van der Waals surface area contributed by atoms with Crippen LogP contribution in [0.15, 0.2) is 17.0 Å². The molecule has 0 unspecified atom stereocenters. The molecular formula is C8H2ClF4NO2S. The summed E-state index contributed by atoms with van der Waals surface area (Å²) < 4.78 is 72.5. The van der Waals surface area contributed by atoms with Gasteiger partial charge < -0.3 is 0 Å². The van der Waals surface area contributed by atoms with Gasteiger partial charge in [0.05, 0.1) is 10.5 Å². The maximum absolute atomic E-state index is 13.3. The fourth-order valence-corrected chi connectivity index (χ4v) is 2.18. The third-order valence-corrected chi connectivity index (χ3v) is 3.13. The Balaban J connectivity index is 3.80. The third-order valence-electron chi connectivity index (χ3n) is 1.77. The maximum atomic E-state index is 13.3. The molecule has 0 saturated carbocycles. The van der Waals surface area contributed by atoms with Gasteiger partial charge in [0.1, 0.15) is 11.6 Å². The fourth-order valence-electron chi connectivity index (χ4n) is 1.11. The second-order valence-corrected chi connectivity index (χ2v) is 5.38. The molecule has 0 saturated heterocycles. The molecule has 3 nitrogen and oxygen atoms in total. The molecule has 0 atom stereocenters. The minimum atomic E-state index is -5.27. The summed E-state index contributed by atoms with van der Waals surface area (Å²) >= 11 is 0. The van der Waals surface area contributed by atoms with Crippen LogP contribution in [0.4, 0.5) is 17.6 Å². The Morgan fingerprint density at radius 3 is 2.18 bits per heavy atom. The van der Waals surface area contributed by atoms with Gasteiger partial charge >= 0.3 is 6.18 Å². The zero-order chi connectivity index (χ0) is 13.4. The van der Waals surface area contributed by atoms with Crippen LogP contribution in [0.25, 0.3) is 0 Å². The molecule has 0 spiro atoms. The summed E-state index contributed by atoms with van der Waals surface area (Å²) in [6, 6.07) is 2.22. The van der Waals surface area contributed by atoms with Gasteiger partial charge in [0.25, 0.3) is 9.05 Å². The molecule has 0 heterocycles. The van der Waals surface area contributed by atoms with Crippen molar-refractivity contribution in [2.24, 2.45) is 0 Å². The van der Waals surface area contributed by atoms with Crippen molar-refractivity contribution in [3.05, 3.63) is 29.1 Å². The van der Waals surface area contributed by atoms with E-state index in [9.17, 15) is 26.0 Å². The first kappa shape index (κ1) is 13.7. The van der Waals surface area contributed by atoms with E-state index in [1.54, 1.807) is 0 Å². The number of nitrogens with zero attached hydrogens (tertiary/aromatic N) is 1. The number of hydrogen-bond donors (Lipinski definition) is 0. The third kappa shape index (κ3) is 2.68. The van der Waals surface area contributed by atoms with Crippen LogP contribution in [0.2, 0.25) is 0 Å². The first-order chi connectivity index (χ1) is 7.59. The second-order valence-electron chi connectivity index (χ2n) is 2.85. The van der Waals surface area contributed by atoms with Crippen LogP contribution < -0.4 is 0 Å². The molecule has 0 aromatic heterocycles. The Morgan fingerprint density at radius 1 is 1.29 bits per heavy atom. The number of benzene rings is 1. The van der Waals surface area contributed by atoms with E-state index in [1.165, 1.54) is 6.07 Å². The highest BCUT2D eigenvalue weighted by molar-refractivity contribution is 8.13.